The molecule has 0 aliphatic carbocycles. The molecule has 1 unspecified atom stereocenters. The minimum absolute atomic E-state index is 0.152. The number of benzene rings is 1. The van der Waals surface area contributed by atoms with Crippen LogP contribution in [-0.4, -0.2) is 13.2 Å². The molecule has 1 N–H and O–H groups in total. The van der Waals surface area contributed by atoms with Crippen molar-refractivity contribution in [1.29, 1.82) is 0 Å². The van der Waals surface area contributed by atoms with E-state index in [1.54, 1.807) is 18.2 Å². The van der Waals surface area contributed by atoms with Gasteiger partial charge in [0, 0.05) is 13.2 Å². The van der Waals surface area contributed by atoms with Crippen LogP contribution in [-0.2, 0) is 16.3 Å². The molecule has 17 heavy (non-hydrogen) atoms. The normalized spacial score (nSPS) is 14.7. The second-order valence-electron chi connectivity index (χ2n) is 3.61. The fourth-order valence-electron chi connectivity index (χ4n) is 1.12. The van der Waals surface area contributed by atoms with E-state index in [1.807, 2.05) is 13.8 Å². The van der Waals surface area contributed by atoms with Crippen molar-refractivity contribution in [3.05, 3.63) is 28.2 Å². The van der Waals surface area contributed by atoms with Crippen LogP contribution in [0.5, 0.6) is 5.75 Å². The molecule has 0 aliphatic heterocycles. The molecule has 0 aromatic heterocycles. The maximum absolute atomic E-state index is 6.02. The van der Waals surface area contributed by atoms with Crippen LogP contribution in [0.25, 0.3) is 0 Å². The third-order valence-corrected chi connectivity index (χ3v) is 5.33. The van der Waals surface area contributed by atoms with Gasteiger partial charge in [0.05, 0.1) is 5.02 Å². The highest BCUT2D eigenvalue weighted by Crippen LogP contribution is 2.47. The predicted molar refractivity (Wildman–Crippen MR) is 76.7 cm³/mol. The summed E-state index contributed by atoms with van der Waals surface area (Å²) in [6.07, 6.45) is 0. The Kier molecular flexibility index (Phi) is 5.71. The first-order chi connectivity index (χ1) is 7.88. The smallest absolute Gasteiger partial charge is 0.312 e. The van der Waals surface area contributed by atoms with Crippen molar-refractivity contribution in [1.82, 2.24) is 5.09 Å². The Labute approximate surface area is 117 Å². The quantitative estimate of drug-likeness (QED) is 0.824. The first-order valence-electron chi connectivity index (χ1n) is 4.95. The zero-order valence-electron chi connectivity index (χ0n) is 9.74. The second-order valence-corrected chi connectivity index (χ2v) is 7.64. The molecular formula is C10H14Cl2NO2PS. The highest BCUT2D eigenvalue weighted by atomic mass is 35.5. The zero-order chi connectivity index (χ0) is 13.1. The van der Waals surface area contributed by atoms with Crippen molar-refractivity contribution in [3.8, 4) is 5.75 Å². The van der Waals surface area contributed by atoms with Gasteiger partial charge in [0.1, 0.15) is 10.8 Å². The van der Waals surface area contributed by atoms with Crippen LogP contribution in [0.2, 0.25) is 10.0 Å². The lowest BCUT2D eigenvalue weighted by Gasteiger charge is -2.24. The molecular weight excluding hydrogens is 300 g/mol. The highest BCUT2D eigenvalue weighted by Gasteiger charge is 2.21. The van der Waals surface area contributed by atoms with Crippen molar-refractivity contribution in [2.45, 2.75) is 19.9 Å². The van der Waals surface area contributed by atoms with Crippen molar-refractivity contribution < 1.29 is 9.05 Å². The molecule has 0 aliphatic rings. The van der Waals surface area contributed by atoms with Gasteiger partial charge in [-0.15, -0.1) is 0 Å². The van der Waals surface area contributed by atoms with Crippen LogP contribution < -0.4 is 9.61 Å². The highest BCUT2D eigenvalue weighted by molar-refractivity contribution is 8.09. The molecule has 1 aromatic carbocycles. The molecule has 0 spiro atoms. The Hall–Kier alpha value is 0.170. The molecule has 1 aromatic rings. The minimum atomic E-state index is -2.58. The molecule has 1 rings (SSSR count). The van der Waals surface area contributed by atoms with Gasteiger partial charge >= 0.3 is 6.64 Å². The topological polar surface area (TPSA) is 30.5 Å². The van der Waals surface area contributed by atoms with Gasteiger partial charge in [-0.2, -0.15) is 0 Å². The Bertz CT molecular complexity index is 442. The third kappa shape index (κ3) is 4.40. The van der Waals surface area contributed by atoms with Gasteiger partial charge in [0.2, 0.25) is 0 Å². The van der Waals surface area contributed by atoms with Crippen LogP contribution in [0.15, 0.2) is 18.2 Å². The predicted octanol–water partition coefficient (Wildman–Crippen LogP) is 4.24. The lowest BCUT2D eigenvalue weighted by Crippen LogP contribution is -2.22. The number of nitrogens with one attached hydrogen (secondary N) is 1. The molecule has 0 fully saturated rings. The van der Waals surface area contributed by atoms with E-state index in [1.165, 1.54) is 7.11 Å². The fraction of sp³-hybridized carbons (Fsp3) is 0.400. The molecule has 0 amide bonds. The molecule has 0 saturated heterocycles. The minimum Gasteiger partial charge on any atom is -0.431 e. The Morgan fingerprint density at radius 3 is 2.53 bits per heavy atom. The summed E-state index contributed by atoms with van der Waals surface area (Å²) in [7, 11) is 1.51. The van der Waals surface area contributed by atoms with Crippen LogP contribution in [0.1, 0.15) is 13.8 Å². The molecule has 0 heterocycles. The summed E-state index contributed by atoms with van der Waals surface area (Å²) in [5, 5.41) is 3.84. The summed E-state index contributed by atoms with van der Waals surface area (Å²) >= 11 is 17.2. The maximum Gasteiger partial charge on any atom is 0.312 e. The Morgan fingerprint density at radius 2 is 2.00 bits per heavy atom. The number of rotatable bonds is 5. The molecule has 96 valence electrons. The summed E-state index contributed by atoms with van der Waals surface area (Å²) in [6, 6.07) is 5.28. The standard InChI is InChI=1S/C10H14Cl2NO2PS/c1-7(2)13-16(17,14-3)15-9-6-4-5-8(11)10(9)12/h4-7H,1-3H3,(H,13,17). The van der Waals surface area contributed by atoms with Gasteiger partial charge in [-0.3, -0.25) is 0 Å². The van der Waals surface area contributed by atoms with E-state index >= 15 is 0 Å². The van der Waals surface area contributed by atoms with Gasteiger partial charge in [0.15, 0.2) is 0 Å². The van der Waals surface area contributed by atoms with E-state index in [4.69, 9.17) is 44.1 Å². The molecule has 3 nitrogen and oxygen atoms in total. The number of hydrogen-bond acceptors (Lipinski definition) is 3. The van der Waals surface area contributed by atoms with Crippen LogP contribution in [0, 0.1) is 0 Å². The third-order valence-electron chi connectivity index (χ3n) is 1.79. The second kappa shape index (κ2) is 6.37. The first-order valence-corrected chi connectivity index (χ1v) is 8.34. The van der Waals surface area contributed by atoms with Crippen molar-refractivity contribution >= 4 is 41.7 Å². The lowest BCUT2D eigenvalue weighted by atomic mass is 10.3. The summed E-state index contributed by atoms with van der Waals surface area (Å²) in [6.45, 7) is 1.34. The number of halogens is 2. The van der Waals surface area contributed by atoms with Crippen molar-refractivity contribution in [2.24, 2.45) is 0 Å². The van der Waals surface area contributed by atoms with Gasteiger partial charge in [-0.05, 0) is 37.8 Å². The van der Waals surface area contributed by atoms with E-state index < -0.39 is 6.64 Å². The average molecular weight is 314 g/mol. The van der Waals surface area contributed by atoms with Gasteiger partial charge in [-0.25, -0.2) is 5.09 Å². The SMILES string of the molecule is COP(=S)(NC(C)C)Oc1cccc(Cl)c1Cl. The summed E-state index contributed by atoms with van der Waals surface area (Å²) in [5.74, 6) is 0.428. The van der Waals surface area contributed by atoms with E-state index in [9.17, 15) is 0 Å². The summed E-state index contributed by atoms with van der Waals surface area (Å²) in [5.41, 5.74) is 0. The largest absolute Gasteiger partial charge is 0.431 e. The Balaban J connectivity index is 2.95. The van der Waals surface area contributed by atoms with Gasteiger partial charge in [0.25, 0.3) is 0 Å². The summed E-state index contributed by atoms with van der Waals surface area (Å²) in [4.78, 5) is 0. The molecule has 1 atom stereocenters. The van der Waals surface area contributed by atoms with Crippen LogP contribution in [0.3, 0.4) is 0 Å². The monoisotopic (exact) mass is 313 g/mol. The van der Waals surface area contributed by atoms with Gasteiger partial charge in [-0.1, -0.05) is 29.3 Å². The van der Waals surface area contributed by atoms with Crippen molar-refractivity contribution in [3.63, 3.8) is 0 Å². The van der Waals surface area contributed by atoms with E-state index in [2.05, 4.69) is 5.09 Å². The van der Waals surface area contributed by atoms with E-state index in [0.717, 1.165) is 0 Å². The zero-order valence-corrected chi connectivity index (χ0v) is 13.0. The summed E-state index contributed by atoms with van der Waals surface area (Å²) < 4.78 is 10.9. The molecule has 7 heteroatoms. The Morgan fingerprint density at radius 1 is 1.35 bits per heavy atom. The number of hydrogen-bond donors (Lipinski definition) is 1. The van der Waals surface area contributed by atoms with Crippen LogP contribution in [0.4, 0.5) is 0 Å². The van der Waals surface area contributed by atoms with Gasteiger partial charge < -0.3 is 9.05 Å². The van der Waals surface area contributed by atoms with Crippen LogP contribution >= 0.6 is 29.8 Å². The average Bonchev–Trinajstić information content (AvgIpc) is 2.24. The molecule has 0 radical (unpaired) electrons. The molecule has 0 saturated carbocycles. The lowest BCUT2D eigenvalue weighted by molar-refractivity contribution is 0.375. The molecule has 0 bridgehead atoms. The van der Waals surface area contributed by atoms with E-state index in [0.29, 0.717) is 15.8 Å². The van der Waals surface area contributed by atoms with E-state index in [-0.39, 0.29) is 6.04 Å². The fourth-order valence-corrected chi connectivity index (χ4v) is 3.65. The van der Waals surface area contributed by atoms with Crippen molar-refractivity contribution in [2.75, 3.05) is 7.11 Å². The maximum atomic E-state index is 6.02. The first kappa shape index (κ1) is 15.2.